The van der Waals surface area contributed by atoms with Crippen molar-refractivity contribution in [3.63, 3.8) is 0 Å². The molecule has 1 rings (SSSR count). The minimum Gasteiger partial charge on any atom is -0.479 e. The summed E-state index contributed by atoms with van der Waals surface area (Å²) in [5.41, 5.74) is -0.387. The Morgan fingerprint density at radius 1 is 1.75 bits per heavy atom. The molecular weight excluding hydrogens is 284 g/mol. The van der Waals surface area contributed by atoms with Crippen LogP contribution in [0, 0.1) is 10.1 Å². The fraction of sp³-hybridized carbons (Fsp3) is 0.250. The van der Waals surface area contributed by atoms with Gasteiger partial charge >= 0.3 is 11.7 Å². The van der Waals surface area contributed by atoms with Gasteiger partial charge in [0.25, 0.3) is 5.88 Å². The number of ether oxygens (including phenoxy) is 1. The van der Waals surface area contributed by atoms with Crippen LogP contribution in [0.5, 0.6) is 5.88 Å². The van der Waals surface area contributed by atoms with Gasteiger partial charge in [-0.2, -0.15) is 0 Å². The van der Waals surface area contributed by atoms with E-state index in [4.69, 9.17) is 9.84 Å². The average molecular weight is 291 g/mol. The molecule has 0 radical (unpaired) electrons. The summed E-state index contributed by atoms with van der Waals surface area (Å²) in [6.45, 7) is 1.26. The Labute approximate surface area is 98.3 Å². The maximum Gasteiger partial charge on any atom is 0.344 e. The molecule has 0 amide bonds. The Morgan fingerprint density at radius 2 is 2.38 bits per heavy atom. The molecule has 0 fully saturated rings. The van der Waals surface area contributed by atoms with Crippen LogP contribution >= 0.6 is 15.9 Å². The molecule has 0 aliphatic heterocycles. The van der Waals surface area contributed by atoms with Crippen LogP contribution in [-0.4, -0.2) is 27.1 Å². The molecule has 0 saturated carbocycles. The number of rotatable bonds is 4. The fourth-order valence-corrected chi connectivity index (χ4v) is 1.17. The summed E-state index contributed by atoms with van der Waals surface area (Å²) in [7, 11) is 0. The molecule has 7 nitrogen and oxygen atoms in total. The zero-order valence-electron chi connectivity index (χ0n) is 8.08. The van der Waals surface area contributed by atoms with Gasteiger partial charge in [0.2, 0.25) is 0 Å². The van der Waals surface area contributed by atoms with Crippen molar-refractivity contribution >= 4 is 27.6 Å². The first-order chi connectivity index (χ1) is 7.41. The molecule has 1 N–H and O–H groups in total. The number of hydrogen-bond donors (Lipinski definition) is 1. The number of halogens is 1. The third-order valence-electron chi connectivity index (χ3n) is 1.63. The van der Waals surface area contributed by atoms with E-state index in [-0.39, 0.29) is 11.6 Å². The van der Waals surface area contributed by atoms with Crippen LogP contribution in [0.1, 0.15) is 6.92 Å². The van der Waals surface area contributed by atoms with Crippen LogP contribution < -0.4 is 4.74 Å². The minimum absolute atomic E-state index is 0.317. The first-order valence-electron chi connectivity index (χ1n) is 4.11. The van der Waals surface area contributed by atoms with Crippen LogP contribution in [0.15, 0.2) is 16.7 Å². The van der Waals surface area contributed by atoms with E-state index in [1.165, 1.54) is 19.2 Å². The largest absolute Gasteiger partial charge is 0.479 e. The predicted molar refractivity (Wildman–Crippen MR) is 56.3 cm³/mol. The number of pyridine rings is 1. The smallest absolute Gasteiger partial charge is 0.344 e. The highest BCUT2D eigenvalue weighted by Crippen LogP contribution is 2.27. The molecule has 1 aromatic rings. The normalized spacial score (nSPS) is 11.9. The van der Waals surface area contributed by atoms with Gasteiger partial charge in [-0.1, -0.05) is 0 Å². The van der Waals surface area contributed by atoms with E-state index in [2.05, 4.69) is 20.9 Å². The van der Waals surface area contributed by atoms with E-state index >= 15 is 0 Å². The van der Waals surface area contributed by atoms with Gasteiger partial charge in [-0.25, -0.2) is 9.78 Å². The molecule has 0 aromatic carbocycles. The van der Waals surface area contributed by atoms with Crippen molar-refractivity contribution in [3.8, 4) is 5.88 Å². The Hall–Kier alpha value is -1.70. The molecule has 0 aliphatic carbocycles. The SMILES string of the molecule is CC(Oc1ncc(Br)cc1[N+](=O)[O-])C(=O)O. The first-order valence-corrected chi connectivity index (χ1v) is 4.90. The lowest BCUT2D eigenvalue weighted by molar-refractivity contribution is -0.386. The van der Waals surface area contributed by atoms with E-state index in [9.17, 15) is 14.9 Å². The summed E-state index contributed by atoms with van der Waals surface area (Å²) < 4.78 is 5.26. The molecule has 0 aliphatic rings. The molecule has 1 heterocycles. The zero-order chi connectivity index (χ0) is 12.3. The summed E-state index contributed by atoms with van der Waals surface area (Å²) in [6, 6.07) is 1.19. The molecule has 0 saturated heterocycles. The Kier molecular flexibility index (Phi) is 3.78. The van der Waals surface area contributed by atoms with Crippen LogP contribution in [0.2, 0.25) is 0 Å². The second-order valence-electron chi connectivity index (χ2n) is 2.83. The Balaban J connectivity index is 3.04. The lowest BCUT2D eigenvalue weighted by atomic mass is 10.4. The highest BCUT2D eigenvalue weighted by atomic mass is 79.9. The van der Waals surface area contributed by atoms with Crippen LogP contribution in [0.4, 0.5) is 5.69 Å². The van der Waals surface area contributed by atoms with Crippen molar-refractivity contribution in [3.05, 3.63) is 26.9 Å². The number of nitro groups is 1. The topological polar surface area (TPSA) is 103 Å². The fourth-order valence-electron chi connectivity index (χ4n) is 0.855. The lowest BCUT2D eigenvalue weighted by Gasteiger charge is -2.09. The third-order valence-corrected chi connectivity index (χ3v) is 2.07. The van der Waals surface area contributed by atoms with Gasteiger partial charge in [-0.3, -0.25) is 10.1 Å². The standard InChI is InChI=1S/C8H7BrN2O5/c1-4(8(12)13)16-7-6(11(14)15)2-5(9)3-10-7/h2-4H,1H3,(H,12,13). The number of nitrogens with zero attached hydrogens (tertiary/aromatic N) is 2. The van der Waals surface area contributed by atoms with Crippen molar-refractivity contribution in [1.82, 2.24) is 4.98 Å². The number of hydrogen-bond acceptors (Lipinski definition) is 5. The number of carboxylic acid groups (broad SMARTS) is 1. The van der Waals surface area contributed by atoms with Gasteiger partial charge in [0, 0.05) is 16.7 Å². The molecule has 0 bridgehead atoms. The van der Waals surface area contributed by atoms with Crippen LogP contribution in [-0.2, 0) is 4.79 Å². The number of aromatic nitrogens is 1. The predicted octanol–water partition coefficient (Wildman–Crippen LogP) is 1.60. The monoisotopic (exact) mass is 290 g/mol. The second-order valence-corrected chi connectivity index (χ2v) is 3.75. The third kappa shape index (κ3) is 2.89. The quantitative estimate of drug-likeness (QED) is 0.667. The number of aliphatic carboxylic acids is 1. The summed E-state index contributed by atoms with van der Waals surface area (Å²) >= 11 is 3.02. The van der Waals surface area contributed by atoms with Crippen molar-refractivity contribution in [1.29, 1.82) is 0 Å². The average Bonchev–Trinajstić information content (AvgIpc) is 2.20. The lowest BCUT2D eigenvalue weighted by Crippen LogP contribution is -2.23. The van der Waals surface area contributed by atoms with Crippen LogP contribution in [0.25, 0.3) is 0 Å². The van der Waals surface area contributed by atoms with Crippen LogP contribution in [0.3, 0.4) is 0 Å². The van der Waals surface area contributed by atoms with Gasteiger partial charge < -0.3 is 9.84 Å². The number of carbonyl (C=O) groups is 1. The maximum absolute atomic E-state index is 10.6. The molecule has 1 aromatic heterocycles. The molecule has 1 atom stereocenters. The molecule has 1 unspecified atom stereocenters. The molecule has 16 heavy (non-hydrogen) atoms. The molecule has 86 valence electrons. The molecular formula is C8H7BrN2O5. The second kappa shape index (κ2) is 4.88. The van der Waals surface area contributed by atoms with Gasteiger partial charge in [0.15, 0.2) is 6.10 Å². The van der Waals surface area contributed by atoms with Crippen molar-refractivity contribution < 1.29 is 19.6 Å². The van der Waals surface area contributed by atoms with Gasteiger partial charge in [-0.05, 0) is 22.9 Å². The summed E-state index contributed by atoms with van der Waals surface area (Å²) in [5.74, 6) is -1.54. The van der Waals surface area contributed by atoms with E-state index in [0.29, 0.717) is 4.47 Å². The van der Waals surface area contributed by atoms with Gasteiger partial charge in [0.05, 0.1) is 4.92 Å². The van der Waals surface area contributed by atoms with Gasteiger partial charge in [-0.15, -0.1) is 0 Å². The highest BCUT2D eigenvalue weighted by molar-refractivity contribution is 9.10. The maximum atomic E-state index is 10.6. The van der Waals surface area contributed by atoms with Gasteiger partial charge in [0.1, 0.15) is 0 Å². The van der Waals surface area contributed by atoms with E-state index in [1.54, 1.807) is 0 Å². The summed E-state index contributed by atoms with van der Waals surface area (Å²) in [6.07, 6.45) is 0.0871. The van der Waals surface area contributed by atoms with Crippen molar-refractivity contribution in [2.75, 3.05) is 0 Å². The van der Waals surface area contributed by atoms with E-state index in [1.807, 2.05) is 0 Å². The summed E-state index contributed by atoms with van der Waals surface area (Å²) in [4.78, 5) is 24.1. The Bertz CT molecular complexity index is 436. The zero-order valence-corrected chi connectivity index (χ0v) is 9.67. The highest BCUT2D eigenvalue weighted by Gasteiger charge is 2.22. The molecule has 8 heteroatoms. The van der Waals surface area contributed by atoms with Crippen molar-refractivity contribution in [2.45, 2.75) is 13.0 Å². The van der Waals surface area contributed by atoms with E-state index < -0.39 is 17.0 Å². The Morgan fingerprint density at radius 3 is 2.88 bits per heavy atom. The molecule has 0 spiro atoms. The van der Waals surface area contributed by atoms with Crippen molar-refractivity contribution in [2.24, 2.45) is 0 Å². The number of carboxylic acids is 1. The first kappa shape index (κ1) is 12.4. The summed E-state index contributed by atoms with van der Waals surface area (Å²) in [5, 5.41) is 19.2. The minimum atomic E-state index is -1.22. The van der Waals surface area contributed by atoms with E-state index in [0.717, 1.165) is 0 Å².